The van der Waals surface area contributed by atoms with E-state index in [9.17, 15) is 10.5 Å². The summed E-state index contributed by atoms with van der Waals surface area (Å²) < 4.78 is 9.31. The van der Waals surface area contributed by atoms with Gasteiger partial charge in [0.1, 0.15) is 12.1 Å². The summed E-state index contributed by atoms with van der Waals surface area (Å²) in [7, 11) is 0. The van der Waals surface area contributed by atoms with Crippen LogP contribution in [0.3, 0.4) is 0 Å². The lowest BCUT2D eigenvalue weighted by atomic mass is 9.86. The zero-order valence-corrected chi connectivity index (χ0v) is 39.8. The maximum Gasteiger partial charge on any atom is 0.101 e. The van der Waals surface area contributed by atoms with Crippen LogP contribution in [0.5, 0.6) is 0 Å². The van der Waals surface area contributed by atoms with Gasteiger partial charge in [-0.3, -0.25) is 0 Å². The van der Waals surface area contributed by atoms with Crippen molar-refractivity contribution in [2.45, 2.75) is 0 Å². The van der Waals surface area contributed by atoms with Crippen molar-refractivity contribution in [2.75, 3.05) is 0 Å². The molecule has 0 aliphatic rings. The molecule has 6 heteroatoms. The van der Waals surface area contributed by atoms with Crippen LogP contribution in [0.25, 0.3) is 132 Å². The van der Waals surface area contributed by atoms with Gasteiger partial charge in [-0.15, -0.1) is 0 Å². The Morgan fingerprint density at radius 2 is 0.432 bits per heavy atom. The van der Waals surface area contributed by atoms with Crippen LogP contribution >= 0.6 is 0 Å². The normalized spacial score (nSPS) is 11.8. The predicted molar refractivity (Wildman–Crippen MR) is 304 cm³/mol. The zero-order valence-electron chi connectivity index (χ0n) is 39.8. The second kappa shape index (κ2) is 16.1. The zero-order chi connectivity index (χ0) is 49.0. The van der Waals surface area contributed by atoms with Gasteiger partial charge in [0.15, 0.2) is 0 Å². The lowest BCUT2D eigenvalue weighted by Gasteiger charge is -2.26. The standard InChI is InChI=1S/C68H40N6/c69-41-55-56(42-70)66(44-35-39-46(40-36-44)72-59-27-11-3-19-49(59)50-20-4-12-28-60(50)72)68(74-63-31-15-7-23-53(63)54-24-8-16-32-64(54)74)67(73-61-29-13-5-21-51(61)52-22-6-14-30-62(52)73)65(55)43-33-37-45(38-34-43)71-57-25-9-1-17-47(57)48-18-2-10-26-58(48)71/h1-40H. The molecule has 15 rings (SSSR count). The van der Waals surface area contributed by atoms with Gasteiger partial charge in [0.2, 0.25) is 0 Å². The van der Waals surface area contributed by atoms with E-state index in [2.05, 4.69) is 273 Å². The van der Waals surface area contributed by atoms with Crippen molar-refractivity contribution < 1.29 is 0 Å². The Bertz CT molecular complexity index is 4380. The SMILES string of the molecule is N#Cc1c(C#N)c(-c2ccc(-n3c4ccccc4c4ccccc43)cc2)c(-n2c3ccccc3c3ccccc32)c(-n2c3ccccc3c3ccccc32)c1-c1ccc(-n2c3ccccc3c3ccccc32)cc1. The van der Waals surface area contributed by atoms with Crippen molar-refractivity contribution in [3.05, 3.63) is 254 Å². The summed E-state index contributed by atoms with van der Waals surface area (Å²) in [4.78, 5) is 0. The molecule has 0 radical (unpaired) electrons. The number of nitriles is 2. The Balaban J connectivity index is 1.10. The Kier molecular flexibility index (Phi) is 8.99. The van der Waals surface area contributed by atoms with Crippen LogP contribution in [0.15, 0.2) is 243 Å². The van der Waals surface area contributed by atoms with E-state index in [1.165, 1.54) is 21.5 Å². The lowest BCUT2D eigenvalue weighted by Crippen LogP contribution is -2.12. The number of fused-ring (bicyclic) bond motifs is 12. The van der Waals surface area contributed by atoms with Gasteiger partial charge in [0.25, 0.3) is 0 Å². The summed E-state index contributed by atoms with van der Waals surface area (Å²) in [5.74, 6) is 0. The fourth-order valence-corrected chi connectivity index (χ4v) is 12.2. The van der Waals surface area contributed by atoms with E-state index in [-0.39, 0.29) is 0 Å². The first-order valence-electron chi connectivity index (χ1n) is 24.9. The molecule has 0 bridgehead atoms. The van der Waals surface area contributed by atoms with Crippen molar-refractivity contribution in [3.63, 3.8) is 0 Å². The first-order valence-corrected chi connectivity index (χ1v) is 24.9. The molecular formula is C68H40N6. The third kappa shape index (κ3) is 5.79. The first kappa shape index (κ1) is 41.4. The number of hydrogen-bond acceptors (Lipinski definition) is 2. The highest BCUT2D eigenvalue weighted by Crippen LogP contribution is 2.50. The maximum absolute atomic E-state index is 11.9. The van der Waals surface area contributed by atoms with Gasteiger partial charge in [-0.05, 0) is 83.9 Å². The minimum atomic E-state index is 0.306. The van der Waals surface area contributed by atoms with E-state index >= 15 is 0 Å². The van der Waals surface area contributed by atoms with E-state index in [0.29, 0.717) is 22.3 Å². The number of nitrogens with zero attached hydrogens (tertiary/aromatic N) is 6. The molecular weight excluding hydrogens is 901 g/mol. The topological polar surface area (TPSA) is 67.3 Å². The largest absolute Gasteiger partial charge is 0.309 e. The Morgan fingerprint density at radius 1 is 0.230 bits per heavy atom. The molecule has 4 aromatic heterocycles. The molecule has 0 N–H and O–H groups in total. The second-order valence-electron chi connectivity index (χ2n) is 19.0. The predicted octanol–water partition coefficient (Wildman–Crippen LogP) is 17.2. The molecule has 0 atom stereocenters. The number of benzene rings is 11. The summed E-state index contributed by atoms with van der Waals surface area (Å²) in [6.07, 6.45) is 0. The molecule has 342 valence electrons. The van der Waals surface area contributed by atoms with Crippen molar-refractivity contribution in [1.29, 1.82) is 10.5 Å². The molecule has 74 heavy (non-hydrogen) atoms. The molecule has 0 aliphatic heterocycles. The summed E-state index contributed by atoms with van der Waals surface area (Å²) >= 11 is 0. The van der Waals surface area contributed by atoms with Gasteiger partial charge in [-0.25, -0.2) is 0 Å². The van der Waals surface area contributed by atoms with Crippen molar-refractivity contribution in [2.24, 2.45) is 0 Å². The third-order valence-corrected chi connectivity index (χ3v) is 15.3. The number of rotatable bonds is 6. The molecule has 0 aliphatic carbocycles. The highest BCUT2D eigenvalue weighted by molar-refractivity contribution is 6.15. The van der Waals surface area contributed by atoms with Crippen LogP contribution < -0.4 is 0 Å². The van der Waals surface area contributed by atoms with E-state index in [0.717, 1.165) is 99.6 Å². The van der Waals surface area contributed by atoms with Gasteiger partial charge >= 0.3 is 0 Å². The minimum absolute atomic E-state index is 0.306. The van der Waals surface area contributed by atoms with Crippen LogP contribution in [0.1, 0.15) is 11.1 Å². The molecule has 0 fully saturated rings. The molecule has 0 unspecified atom stereocenters. The lowest BCUT2D eigenvalue weighted by molar-refractivity contribution is 1.09. The summed E-state index contributed by atoms with van der Waals surface area (Å²) in [5, 5.41) is 32.8. The van der Waals surface area contributed by atoms with Crippen molar-refractivity contribution in [3.8, 4) is 57.1 Å². The van der Waals surface area contributed by atoms with E-state index in [4.69, 9.17) is 0 Å². The van der Waals surface area contributed by atoms with E-state index in [1.807, 2.05) is 0 Å². The molecule has 0 saturated carbocycles. The summed E-state index contributed by atoms with van der Waals surface area (Å²) in [6, 6.07) is 90.7. The quantitative estimate of drug-likeness (QED) is 0.167. The van der Waals surface area contributed by atoms with Gasteiger partial charge in [-0.2, -0.15) is 10.5 Å². The number of hydrogen-bond donors (Lipinski definition) is 0. The molecule has 0 amide bonds. The van der Waals surface area contributed by atoms with Crippen molar-refractivity contribution >= 4 is 87.2 Å². The Labute approximate surface area is 424 Å². The molecule has 4 heterocycles. The average molecular weight is 941 g/mol. The fraction of sp³-hybridized carbons (Fsp3) is 0. The summed E-state index contributed by atoms with van der Waals surface area (Å²) in [5.41, 5.74) is 15.6. The van der Waals surface area contributed by atoms with Crippen LogP contribution in [-0.4, -0.2) is 18.3 Å². The Morgan fingerprint density at radius 3 is 0.649 bits per heavy atom. The smallest absolute Gasteiger partial charge is 0.101 e. The van der Waals surface area contributed by atoms with Gasteiger partial charge in [-0.1, -0.05) is 170 Å². The highest BCUT2D eigenvalue weighted by atomic mass is 15.1. The van der Waals surface area contributed by atoms with Crippen molar-refractivity contribution in [1.82, 2.24) is 18.3 Å². The third-order valence-electron chi connectivity index (χ3n) is 15.3. The average Bonchev–Trinajstić information content (AvgIpc) is 4.22. The number of aromatic nitrogens is 4. The van der Waals surface area contributed by atoms with Crippen LogP contribution in [0, 0.1) is 22.7 Å². The van der Waals surface area contributed by atoms with E-state index in [1.54, 1.807) is 0 Å². The Hall–Kier alpha value is -10.4. The molecule has 6 nitrogen and oxygen atoms in total. The second-order valence-corrected chi connectivity index (χ2v) is 19.0. The van der Waals surface area contributed by atoms with Crippen LogP contribution in [0.4, 0.5) is 0 Å². The van der Waals surface area contributed by atoms with Crippen LogP contribution in [-0.2, 0) is 0 Å². The first-order chi connectivity index (χ1) is 36.7. The minimum Gasteiger partial charge on any atom is -0.309 e. The fourth-order valence-electron chi connectivity index (χ4n) is 12.2. The maximum atomic E-state index is 11.9. The molecule has 0 saturated heterocycles. The number of para-hydroxylation sites is 8. The molecule has 0 spiro atoms. The summed E-state index contributed by atoms with van der Waals surface area (Å²) in [6.45, 7) is 0. The van der Waals surface area contributed by atoms with Gasteiger partial charge in [0, 0.05) is 65.6 Å². The van der Waals surface area contributed by atoms with Gasteiger partial charge in [0.05, 0.1) is 66.6 Å². The molecule has 15 aromatic rings. The highest BCUT2D eigenvalue weighted by Gasteiger charge is 2.32. The molecule has 11 aromatic carbocycles. The van der Waals surface area contributed by atoms with Gasteiger partial charge < -0.3 is 18.3 Å². The monoisotopic (exact) mass is 940 g/mol. The van der Waals surface area contributed by atoms with E-state index < -0.39 is 0 Å². The van der Waals surface area contributed by atoms with Crippen LogP contribution in [0.2, 0.25) is 0 Å².